The van der Waals surface area contributed by atoms with Gasteiger partial charge in [-0.1, -0.05) is 0 Å². The number of ether oxygens (including phenoxy) is 2. The van der Waals surface area contributed by atoms with Crippen LogP contribution in [-0.2, 0) is 16.1 Å². The quantitative estimate of drug-likeness (QED) is 0.248. The van der Waals surface area contributed by atoms with Crippen molar-refractivity contribution in [2.24, 2.45) is 0 Å². The van der Waals surface area contributed by atoms with Crippen molar-refractivity contribution in [1.82, 2.24) is 49.1 Å². The minimum Gasteiger partial charge on any atom is -0.458 e. The summed E-state index contributed by atoms with van der Waals surface area (Å²) in [6.07, 6.45) is 4.45. The highest BCUT2D eigenvalue weighted by Crippen LogP contribution is 2.43. The molecule has 1 saturated carbocycles. The fourth-order valence-corrected chi connectivity index (χ4v) is 9.90. The molecule has 322 valence electrons. The molecule has 6 aromatic rings. The van der Waals surface area contributed by atoms with Crippen LogP contribution < -0.4 is 14.5 Å². The molecule has 1 N–H and O–H groups in total. The van der Waals surface area contributed by atoms with Crippen LogP contribution in [0.15, 0.2) is 42.7 Å². The van der Waals surface area contributed by atoms with Crippen molar-refractivity contribution >= 4 is 39.7 Å². The number of hydrogen-bond acceptors (Lipinski definition) is 13. The van der Waals surface area contributed by atoms with Crippen LogP contribution in [0.4, 0.5) is 29.3 Å². The van der Waals surface area contributed by atoms with Crippen LogP contribution in [0.25, 0.3) is 39.0 Å². The number of methoxy groups -OCH3 is 1. The van der Waals surface area contributed by atoms with E-state index in [4.69, 9.17) is 19.4 Å². The lowest BCUT2D eigenvalue weighted by molar-refractivity contribution is -0.133. The molecule has 1 aliphatic carbocycles. The molecule has 2 aromatic carbocycles. The average Bonchev–Trinajstić information content (AvgIpc) is 3.84. The van der Waals surface area contributed by atoms with Crippen molar-refractivity contribution in [3.05, 3.63) is 71.8 Å². The molecule has 62 heavy (non-hydrogen) atoms. The number of rotatable bonds is 5. The van der Waals surface area contributed by atoms with E-state index in [0.29, 0.717) is 47.5 Å². The second-order valence-electron chi connectivity index (χ2n) is 17.0. The van der Waals surface area contributed by atoms with Crippen molar-refractivity contribution in [3.8, 4) is 23.0 Å². The van der Waals surface area contributed by atoms with Gasteiger partial charge in [-0.2, -0.15) is 20.1 Å². The Morgan fingerprint density at radius 2 is 1.74 bits per heavy atom. The Bertz CT molecular complexity index is 2780. The largest absolute Gasteiger partial charge is 0.458 e. The predicted octanol–water partition coefficient (Wildman–Crippen LogP) is 4.13. The fourth-order valence-electron chi connectivity index (χ4n) is 9.90. The molecule has 5 aliphatic heterocycles. The molecule has 6 aliphatic rings. The number of amides is 1. The molecule has 4 aromatic heterocycles. The lowest BCUT2D eigenvalue weighted by Crippen LogP contribution is -2.58. The number of aryl methyl sites for hydroxylation is 1. The minimum atomic E-state index is -1.11. The number of carbonyl (C=O) groups excluding carboxylic acids is 1. The van der Waals surface area contributed by atoms with Crippen molar-refractivity contribution in [2.45, 2.75) is 88.2 Å². The van der Waals surface area contributed by atoms with Gasteiger partial charge in [-0.3, -0.25) is 9.69 Å². The lowest BCUT2D eigenvalue weighted by Gasteiger charge is -2.47. The van der Waals surface area contributed by atoms with Crippen molar-refractivity contribution < 1.29 is 36.9 Å². The Morgan fingerprint density at radius 3 is 2.53 bits per heavy atom. The standard InChI is InChI=1S/C42H42F4N12O4/c1-20-49-31-14-29(45)36(46)35-30-8-9-47-42(50-30)62-25-13-33(40(60)53(2)17-26(61-3)19-54(20)37(31)35)56(18-25)38-27-15-48-58(32-7-4-21(43)10-28(32)44)39(27)52-41(51-38)57-23-11-24(57)16-55(22-5-6-22)34(59)12-23/h4,7-10,14-15,22-26,33-34,59H,5-6,11-13,16-19H2,1-3H3/t23-,24+,25-,26-,33-,34?/m0/s1. The summed E-state index contributed by atoms with van der Waals surface area (Å²) in [6.45, 7) is 2.69. The number of likely N-dealkylation sites (N-methyl/N-ethyl adjacent to an activating group) is 1. The van der Waals surface area contributed by atoms with E-state index in [1.807, 2.05) is 4.90 Å². The van der Waals surface area contributed by atoms with Crippen LogP contribution in [0.5, 0.6) is 6.01 Å². The SMILES string of the molecule is CO[C@H]1CN(C)C(=O)[C@@H]2C[C@@H](CN2c2nc(N3[C@@H]4CC(O)N(C5CC5)C[C@H]3C4)nc3c2cnn3-c2ccc(F)cc2F)Oc2nccc(n2)-c2c(F)c(F)cc3nc(C)n(c23)C1. The maximum atomic E-state index is 16.0. The van der Waals surface area contributed by atoms with Crippen LogP contribution in [0.3, 0.4) is 0 Å². The average molecular weight is 855 g/mol. The molecule has 6 bridgehead atoms. The number of aliphatic hydroxyl groups excluding tert-OH is 1. The van der Waals surface area contributed by atoms with Gasteiger partial charge in [-0.25, -0.2) is 32.2 Å². The Morgan fingerprint density at radius 1 is 0.903 bits per heavy atom. The first-order valence-corrected chi connectivity index (χ1v) is 20.8. The second kappa shape index (κ2) is 14.6. The summed E-state index contributed by atoms with van der Waals surface area (Å²) in [4.78, 5) is 46.1. The van der Waals surface area contributed by atoms with E-state index in [1.165, 1.54) is 36.3 Å². The van der Waals surface area contributed by atoms with Crippen LogP contribution in [0.2, 0.25) is 0 Å². The zero-order chi connectivity index (χ0) is 42.7. The molecular weight excluding hydrogens is 813 g/mol. The van der Waals surface area contributed by atoms with Crippen molar-refractivity contribution in [2.75, 3.05) is 43.6 Å². The third-order valence-electron chi connectivity index (χ3n) is 13.1. The van der Waals surface area contributed by atoms with Gasteiger partial charge in [0, 0.05) is 76.5 Å². The highest BCUT2D eigenvalue weighted by molar-refractivity contribution is 5.94. The summed E-state index contributed by atoms with van der Waals surface area (Å²) in [6, 6.07) is 4.97. The molecule has 1 amide bonds. The van der Waals surface area contributed by atoms with E-state index >= 15 is 13.2 Å². The van der Waals surface area contributed by atoms with Crippen molar-refractivity contribution in [3.63, 3.8) is 0 Å². The molecule has 12 rings (SSSR count). The van der Waals surface area contributed by atoms with Gasteiger partial charge in [0.15, 0.2) is 23.1 Å². The molecule has 16 nitrogen and oxygen atoms in total. The third-order valence-corrected chi connectivity index (χ3v) is 13.1. The summed E-state index contributed by atoms with van der Waals surface area (Å²) in [7, 11) is 3.19. The summed E-state index contributed by atoms with van der Waals surface area (Å²) < 4.78 is 76.2. The molecule has 20 heteroatoms. The van der Waals surface area contributed by atoms with E-state index in [0.717, 1.165) is 37.5 Å². The number of carbonyl (C=O) groups is 1. The van der Waals surface area contributed by atoms with E-state index in [1.54, 1.807) is 23.4 Å². The van der Waals surface area contributed by atoms with Crippen LogP contribution in [0.1, 0.15) is 37.9 Å². The molecule has 1 unspecified atom stereocenters. The monoisotopic (exact) mass is 854 g/mol. The minimum absolute atomic E-state index is 0.0158. The van der Waals surface area contributed by atoms with Gasteiger partial charge in [0.05, 0.1) is 53.1 Å². The van der Waals surface area contributed by atoms with Gasteiger partial charge in [0.25, 0.3) is 0 Å². The maximum absolute atomic E-state index is 16.0. The second-order valence-corrected chi connectivity index (χ2v) is 17.0. The summed E-state index contributed by atoms with van der Waals surface area (Å²) in [5.41, 5.74) is 0.700. The molecule has 4 saturated heterocycles. The number of fused-ring (bicyclic) bond motifs is 9. The first-order valence-electron chi connectivity index (χ1n) is 20.8. The normalized spacial score (nSPS) is 25.5. The van der Waals surface area contributed by atoms with E-state index in [9.17, 15) is 14.3 Å². The molecule has 6 atom stereocenters. The third kappa shape index (κ3) is 6.32. The topological polar surface area (TPSA) is 156 Å². The van der Waals surface area contributed by atoms with E-state index in [-0.39, 0.29) is 78.2 Å². The number of halogens is 4. The summed E-state index contributed by atoms with van der Waals surface area (Å²) in [5, 5.41) is 16.2. The number of benzene rings is 2. The summed E-state index contributed by atoms with van der Waals surface area (Å²) >= 11 is 0. The van der Waals surface area contributed by atoms with Gasteiger partial charge < -0.3 is 33.8 Å². The molecule has 0 radical (unpaired) electrons. The number of anilines is 2. The van der Waals surface area contributed by atoms with E-state index in [2.05, 4.69) is 29.9 Å². The number of nitrogens with zero attached hydrogens (tertiary/aromatic N) is 12. The first kappa shape index (κ1) is 38.9. The molecule has 5 fully saturated rings. The number of imidazole rings is 1. The molecular formula is C42H42F4N12O4. The highest BCUT2D eigenvalue weighted by Gasteiger charge is 2.50. The van der Waals surface area contributed by atoms with Gasteiger partial charge in [-0.05, 0) is 44.4 Å². The Labute approximate surface area is 351 Å². The zero-order valence-electron chi connectivity index (χ0n) is 34.0. The molecule has 0 spiro atoms. The van der Waals surface area contributed by atoms with Crippen LogP contribution >= 0.6 is 0 Å². The highest BCUT2D eigenvalue weighted by atomic mass is 19.2. The number of aliphatic hydroxyl groups is 1. The maximum Gasteiger partial charge on any atom is 0.317 e. The molecule has 9 heterocycles. The Kier molecular flexibility index (Phi) is 9.13. The Balaban J connectivity index is 1.04. The first-order chi connectivity index (χ1) is 29.9. The van der Waals surface area contributed by atoms with Crippen LogP contribution in [0, 0.1) is 30.2 Å². The van der Waals surface area contributed by atoms with Crippen molar-refractivity contribution in [1.29, 1.82) is 0 Å². The zero-order valence-corrected chi connectivity index (χ0v) is 34.0. The number of aromatic nitrogens is 8. The van der Waals surface area contributed by atoms with Gasteiger partial charge in [-0.15, -0.1) is 0 Å². The lowest BCUT2D eigenvalue weighted by atomic mass is 9.92. The summed E-state index contributed by atoms with van der Waals surface area (Å²) in [5.74, 6) is -2.94. The predicted molar refractivity (Wildman–Crippen MR) is 216 cm³/mol. The van der Waals surface area contributed by atoms with Gasteiger partial charge in [0.1, 0.15) is 41.5 Å². The van der Waals surface area contributed by atoms with Crippen LogP contribution in [-0.4, -0.2) is 136 Å². The van der Waals surface area contributed by atoms with E-state index < -0.39 is 47.7 Å². The number of hydrogen-bond donors (Lipinski definition) is 1. The Hall–Kier alpha value is -5.99. The fraction of sp³-hybridized carbons (Fsp3) is 0.452. The smallest absolute Gasteiger partial charge is 0.317 e. The van der Waals surface area contributed by atoms with Gasteiger partial charge >= 0.3 is 6.01 Å². The van der Waals surface area contributed by atoms with Gasteiger partial charge in [0.2, 0.25) is 11.9 Å².